The summed E-state index contributed by atoms with van der Waals surface area (Å²) < 4.78 is 4.69. The molecule has 11 heteroatoms. The van der Waals surface area contributed by atoms with E-state index in [2.05, 4.69) is 30.9 Å². The number of thiophene rings is 1. The summed E-state index contributed by atoms with van der Waals surface area (Å²) in [5.74, 6) is 0.708. The van der Waals surface area contributed by atoms with Gasteiger partial charge in [0.25, 0.3) is 6.47 Å². The van der Waals surface area contributed by atoms with Crippen molar-refractivity contribution in [3.05, 3.63) is 117 Å². The molecule has 1 amide bonds. The zero-order valence-corrected chi connectivity index (χ0v) is 28.3. The summed E-state index contributed by atoms with van der Waals surface area (Å²) >= 11 is 7.68. The van der Waals surface area contributed by atoms with Crippen molar-refractivity contribution in [2.24, 2.45) is 16.5 Å². The number of halogens is 1. The molecule has 1 atom stereocenters. The van der Waals surface area contributed by atoms with Crippen LogP contribution < -0.4 is 16.4 Å². The number of aryl methyl sites for hydroxylation is 1. The highest BCUT2D eigenvalue weighted by Crippen LogP contribution is 2.40. The number of amides is 1. The molecule has 1 aliphatic rings. The Labute approximate surface area is 280 Å². The number of nitrogens with one attached hydrogen (secondary N) is 2. The Morgan fingerprint density at radius 1 is 1.15 bits per heavy atom. The number of hydrogen-bond donors (Lipinski definition) is 4. The first-order valence-corrected chi connectivity index (χ1v) is 15.6. The smallest absolute Gasteiger partial charge is 0.293 e. The summed E-state index contributed by atoms with van der Waals surface area (Å²) in [6, 6.07) is 15.1. The van der Waals surface area contributed by atoms with Gasteiger partial charge in [0.1, 0.15) is 29.3 Å². The van der Waals surface area contributed by atoms with Crippen LogP contribution in [0, 0.1) is 24.7 Å². The van der Waals surface area contributed by atoms with Gasteiger partial charge in [0.15, 0.2) is 0 Å². The molecule has 0 spiro atoms. The van der Waals surface area contributed by atoms with Crippen molar-refractivity contribution in [2.45, 2.75) is 53.7 Å². The van der Waals surface area contributed by atoms with Gasteiger partial charge in [0.2, 0.25) is 6.41 Å². The molecule has 0 fully saturated rings. The van der Waals surface area contributed by atoms with E-state index in [0.29, 0.717) is 35.3 Å². The van der Waals surface area contributed by atoms with Crippen molar-refractivity contribution in [3.63, 3.8) is 0 Å². The van der Waals surface area contributed by atoms with Crippen LogP contribution in [0.15, 0.2) is 84.0 Å². The second kappa shape index (κ2) is 18.2. The normalized spacial score (nSPS) is 14.3. The Kier molecular flexibility index (Phi) is 14.8. The summed E-state index contributed by atoms with van der Waals surface area (Å²) in [5.41, 5.74) is 17.6. The molecule has 2 heterocycles. The Morgan fingerprint density at radius 2 is 1.76 bits per heavy atom. The predicted octanol–water partition coefficient (Wildman–Crippen LogP) is 7.32. The fourth-order valence-corrected chi connectivity index (χ4v) is 5.93. The van der Waals surface area contributed by atoms with Crippen molar-refractivity contribution in [2.75, 3.05) is 4.90 Å². The largest absolute Gasteiger partial charge is 0.463 e. The van der Waals surface area contributed by atoms with Gasteiger partial charge < -0.3 is 16.2 Å². The minimum atomic E-state index is -0.273. The lowest BCUT2D eigenvalue weighted by Gasteiger charge is -2.24. The van der Waals surface area contributed by atoms with E-state index in [1.165, 1.54) is 4.88 Å². The van der Waals surface area contributed by atoms with E-state index in [4.69, 9.17) is 37.9 Å². The molecule has 0 saturated heterocycles. The lowest BCUT2D eigenvalue weighted by molar-refractivity contribution is -0.129. The van der Waals surface area contributed by atoms with Crippen LogP contribution in [0.4, 0.5) is 5.00 Å². The van der Waals surface area contributed by atoms with Crippen LogP contribution in [0.5, 0.6) is 0 Å². The minimum absolute atomic E-state index is 0.250. The molecule has 3 aromatic rings. The quantitative estimate of drug-likeness (QED) is 0.0861. The van der Waals surface area contributed by atoms with Gasteiger partial charge in [-0.05, 0) is 69.0 Å². The molecule has 0 bridgehead atoms. The Balaban J connectivity index is 0.000000309. The third kappa shape index (κ3) is 9.35. The van der Waals surface area contributed by atoms with Crippen molar-refractivity contribution in [1.82, 2.24) is 0 Å². The van der Waals surface area contributed by atoms with Gasteiger partial charge in [-0.2, -0.15) is 0 Å². The van der Waals surface area contributed by atoms with Gasteiger partial charge in [0, 0.05) is 32.3 Å². The average molecular weight is 661 g/mol. The fourth-order valence-electron chi connectivity index (χ4n) is 4.58. The van der Waals surface area contributed by atoms with E-state index in [0.717, 1.165) is 44.1 Å². The van der Waals surface area contributed by atoms with Gasteiger partial charge in [-0.3, -0.25) is 30.3 Å². The number of primary amides is 1. The van der Waals surface area contributed by atoms with Gasteiger partial charge in [-0.1, -0.05) is 73.7 Å². The number of aliphatic imine (C=N–C) groups is 1. The number of nitrogens with zero attached hydrogens (tertiary/aromatic N) is 2. The summed E-state index contributed by atoms with van der Waals surface area (Å²) in [7, 11) is 0. The number of nitrogens with two attached hydrogens (primary N) is 2. The Bertz CT molecular complexity index is 1640. The molecule has 0 aliphatic carbocycles. The first-order chi connectivity index (χ1) is 22.0. The number of fused-ring (bicyclic) bond motifs is 1. The summed E-state index contributed by atoms with van der Waals surface area (Å²) in [6.07, 6.45) is 6.45. The van der Waals surface area contributed by atoms with E-state index in [9.17, 15) is 4.79 Å². The van der Waals surface area contributed by atoms with Crippen LogP contribution in [0.3, 0.4) is 0 Å². The number of carbonyl (C=O) groups excluding carboxylic acids is 2. The van der Waals surface area contributed by atoms with E-state index in [1.807, 2.05) is 74.5 Å². The van der Waals surface area contributed by atoms with E-state index in [1.54, 1.807) is 29.2 Å². The van der Waals surface area contributed by atoms with E-state index >= 15 is 0 Å². The van der Waals surface area contributed by atoms with Crippen molar-refractivity contribution in [3.8, 4) is 0 Å². The zero-order valence-electron chi connectivity index (χ0n) is 26.8. The fraction of sp³-hybridized carbons (Fsp3) is 0.229. The number of benzene rings is 2. The standard InChI is InChI=1S/C19H21ClN4S.C15H17NO2.CH3NO/c1-5-15-18(22)24(12(4)21)19-16(10(2)11(3)25-19)17(23-15)13-6-8-14(20)9-7-13;1-3-5-14(15(16)4-2)13-8-6-12(7-9-13)10-18-11-17;2-1-3/h6-9,15,21-22H,5H2,1-4H3;3-9,11H,2,10,16H2,1H3;1H,(H2,2,3)/b;5-3-,15-14-;. The molecule has 6 N–H and O–H groups in total. The van der Waals surface area contributed by atoms with Crippen LogP contribution in [-0.2, 0) is 20.9 Å². The van der Waals surface area contributed by atoms with Gasteiger partial charge >= 0.3 is 0 Å². The number of hydrogen-bond acceptors (Lipinski definition) is 8. The Hall–Kier alpha value is -4.80. The summed E-state index contributed by atoms with van der Waals surface area (Å²) in [4.78, 5) is 26.5. The third-order valence-corrected chi connectivity index (χ3v) is 8.38. The van der Waals surface area contributed by atoms with E-state index < -0.39 is 0 Å². The summed E-state index contributed by atoms with van der Waals surface area (Å²) in [5, 5.41) is 18.5. The van der Waals surface area contributed by atoms with Gasteiger partial charge in [-0.15, -0.1) is 11.3 Å². The number of anilines is 1. The second-order valence-corrected chi connectivity index (χ2v) is 11.6. The number of allylic oxidation sites excluding steroid dienone is 4. The zero-order chi connectivity index (χ0) is 34.4. The highest BCUT2D eigenvalue weighted by Gasteiger charge is 2.33. The maximum Gasteiger partial charge on any atom is 0.293 e. The van der Waals surface area contributed by atoms with Crippen molar-refractivity contribution >= 4 is 63.8 Å². The minimum Gasteiger partial charge on any atom is -0.463 e. The highest BCUT2D eigenvalue weighted by atomic mass is 35.5. The maximum absolute atomic E-state index is 10.1. The van der Waals surface area contributed by atoms with Crippen LogP contribution in [-0.4, -0.2) is 36.3 Å². The predicted molar refractivity (Wildman–Crippen MR) is 192 cm³/mol. The van der Waals surface area contributed by atoms with Gasteiger partial charge in [-0.25, -0.2) is 0 Å². The molecule has 4 rings (SSSR count). The first kappa shape index (κ1) is 37.4. The van der Waals surface area contributed by atoms with Crippen LogP contribution in [0.1, 0.15) is 59.9 Å². The molecule has 2 aromatic carbocycles. The second-order valence-electron chi connectivity index (χ2n) is 9.99. The Morgan fingerprint density at radius 3 is 2.26 bits per heavy atom. The van der Waals surface area contributed by atoms with Crippen molar-refractivity contribution < 1.29 is 14.3 Å². The first-order valence-electron chi connectivity index (χ1n) is 14.4. The lowest BCUT2D eigenvalue weighted by Crippen LogP contribution is -2.39. The molecular weight excluding hydrogens is 620 g/mol. The third-order valence-electron chi connectivity index (χ3n) is 6.94. The molecule has 9 nitrogen and oxygen atoms in total. The average Bonchev–Trinajstić information content (AvgIpc) is 3.25. The molecule has 0 radical (unpaired) electrons. The molecule has 242 valence electrons. The molecule has 0 saturated carbocycles. The summed E-state index contributed by atoms with van der Waals surface area (Å²) in [6.45, 7) is 14.2. The molecule has 1 aliphatic heterocycles. The monoisotopic (exact) mass is 660 g/mol. The topological polar surface area (TPSA) is 159 Å². The molecule has 1 aromatic heterocycles. The van der Waals surface area contributed by atoms with Gasteiger partial charge in [0.05, 0.1) is 5.71 Å². The lowest BCUT2D eigenvalue weighted by atomic mass is 10.00. The maximum atomic E-state index is 10.1. The number of ether oxygens (including phenoxy) is 1. The van der Waals surface area contributed by atoms with Crippen LogP contribution in [0.2, 0.25) is 5.02 Å². The number of amidine groups is 2. The molecule has 1 unspecified atom stereocenters. The van der Waals surface area contributed by atoms with E-state index in [-0.39, 0.29) is 19.1 Å². The van der Waals surface area contributed by atoms with Crippen LogP contribution >= 0.6 is 22.9 Å². The molecule has 46 heavy (non-hydrogen) atoms. The van der Waals surface area contributed by atoms with Crippen molar-refractivity contribution in [1.29, 1.82) is 10.8 Å². The molecular formula is C35H41ClN6O3S. The SMILES string of the molecule is C=C/C(N)=C(\C=C/C)c1ccc(COC=O)cc1.CCC1N=C(c2ccc(Cl)cc2)c2c(sc(C)c2C)N(C(C)=N)C1=N.NC=O. The van der Waals surface area contributed by atoms with Crippen LogP contribution in [0.25, 0.3) is 5.57 Å². The number of carbonyl (C=O) groups is 2. The highest BCUT2D eigenvalue weighted by molar-refractivity contribution is 7.17. The number of rotatable bonds is 8.